The zero-order chi connectivity index (χ0) is 12.1. The number of nitrogens with one attached hydrogen (secondary N) is 1. The van der Waals surface area contributed by atoms with Crippen molar-refractivity contribution in [2.75, 3.05) is 5.32 Å². The van der Waals surface area contributed by atoms with Crippen molar-refractivity contribution in [3.63, 3.8) is 0 Å². The van der Waals surface area contributed by atoms with Crippen LogP contribution in [-0.4, -0.2) is 10.1 Å². The Morgan fingerprint density at radius 3 is 2.88 bits per heavy atom. The van der Waals surface area contributed by atoms with Gasteiger partial charge in [-0.2, -0.15) is 0 Å². The molecule has 0 fully saturated rings. The van der Waals surface area contributed by atoms with Gasteiger partial charge in [-0.1, -0.05) is 12.1 Å². The molecule has 2 aromatic rings. The van der Waals surface area contributed by atoms with Crippen molar-refractivity contribution >= 4 is 5.69 Å². The summed E-state index contributed by atoms with van der Waals surface area (Å²) < 4.78 is 0. The van der Waals surface area contributed by atoms with Gasteiger partial charge in [0.05, 0.1) is 12.2 Å². The average Bonchev–Trinajstić information content (AvgIpc) is 2.37. The fourth-order valence-corrected chi connectivity index (χ4v) is 1.62. The van der Waals surface area contributed by atoms with Crippen LogP contribution in [0.15, 0.2) is 42.6 Å². The first-order valence-electron chi connectivity index (χ1n) is 5.45. The third kappa shape index (κ3) is 2.95. The van der Waals surface area contributed by atoms with Gasteiger partial charge >= 0.3 is 0 Å². The van der Waals surface area contributed by atoms with Crippen LogP contribution in [0.1, 0.15) is 11.3 Å². The lowest BCUT2D eigenvalue weighted by Crippen LogP contribution is -2.08. The van der Waals surface area contributed by atoms with Crippen molar-refractivity contribution < 1.29 is 5.11 Å². The number of rotatable bonds is 4. The molecule has 0 amide bonds. The molecule has 4 nitrogen and oxygen atoms in total. The van der Waals surface area contributed by atoms with Crippen molar-refractivity contribution in [1.29, 1.82) is 0 Å². The molecule has 17 heavy (non-hydrogen) atoms. The van der Waals surface area contributed by atoms with Gasteiger partial charge in [0.25, 0.3) is 0 Å². The van der Waals surface area contributed by atoms with Crippen molar-refractivity contribution in [1.82, 2.24) is 4.98 Å². The lowest BCUT2D eigenvalue weighted by molar-refractivity contribution is 0.475. The Hall–Kier alpha value is -2.07. The molecule has 4 N–H and O–H groups in total. The lowest BCUT2D eigenvalue weighted by Gasteiger charge is -2.09. The predicted octanol–water partition coefficient (Wildman–Crippen LogP) is 1.86. The highest BCUT2D eigenvalue weighted by Gasteiger charge is 2.01. The Kier molecular flexibility index (Phi) is 3.57. The van der Waals surface area contributed by atoms with E-state index in [9.17, 15) is 5.11 Å². The van der Waals surface area contributed by atoms with E-state index in [0.29, 0.717) is 13.1 Å². The fourth-order valence-electron chi connectivity index (χ4n) is 1.62. The van der Waals surface area contributed by atoms with E-state index in [1.807, 2.05) is 18.2 Å². The molecule has 0 spiro atoms. The van der Waals surface area contributed by atoms with Gasteiger partial charge in [0.2, 0.25) is 0 Å². The second-order valence-electron chi connectivity index (χ2n) is 3.72. The van der Waals surface area contributed by atoms with Gasteiger partial charge in [-0.05, 0) is 23.8 Å². The number of aromatic hydroxyl groups is 1. The molecule has 0 aliphatic rings. The molecule has 1 aromatic heterocycles. The molecule has 0 aliphatic carbocycles. The van der Waals surface area contributed by atoms with Gasteiger partial charge in [0, 0.05) is 24.5 Å². The number of phenolic OH excluding ortho intramolecular Hbond substituents is 1. The molecule has 0 radical (unpaired) electrons. The molecule has 4 heteroatoms. The number of phenols is 1. The number of hydrogen-bond donors (Lipinski definition) is 3. The topological polar surface area (TPSA) is 71.2 Å². The highest BCUT2D eigenvalue weighted by molar-refractivity contribution is 5.48. The minimum atomic E-state index is 0.245. The number of anilines is 1. The quantitative estimate of drug-likeness (QED) is 0.748. The first-order chi connectivity index (χ1) is 8.29. The molecular weight excluding hydrogens is 214 g/mol. The second-order valence-corrected chi connectivity index (χ2v) is 3.72. The van der Waals surface area contributed by atoms with E-state index >= 15 is 0 Å². The van der Waals surface area contributed by atoms with Gasteiger partial charge in [-0.25, -0.2) is 0 Å². The van der Waals surface area contributed by atoms with E-state index in [1.54, 1.807) is 24.4 Å². The van der Waals surface area contributed by atoms with Crippen LogP contribution in [0.4, 0.5) is 5.69 Å². The van der Waals surface area contributed by atoms with Gasteiger partial charge in [0.15, 0.2) is 0 Å². The maximum Gasteiger partial charge on any atom is 0.117 e. The fraction of sp³-hybridized carbons (Fsp3) is 0.154. The lowest BCUT2D eigenvalue weighted by atomic mass is 10.2. The van der Waals surface area contributed by atoms with Crippen molar-refractivity contribution in [2.45, 2.75) is 13.1 Å². The van der Waals surface area contributed by atoms with E-state index in [-0.39, 0.29) is 5.75 Å². The number of pyridine rings is 1. The van der Waals surface area contributed by atoms with E-state index in [2.05, 4.69) is 10.3 Å². The summed E-state index contributed by atoms with van der Waals surface area (Å²) in [5, 5.41) is 12.5. The molecular formula is C13H15N3O. The Bertz CT molecular complexity index is 500. The van der Waals surface area contributed by atoms with Gasteiger partial charge < -0.3 is 16.2 Å². The third-order valence-electron chi connectivity index (χ3n) is 2.51. The first-order valence-corrected chi connectivity index (χ1v) is 5.45. The SMILES string of the molecule is NCc1cccnc1CNc1cccc(O)c1. The molecule has 2 rings (SSSR count). The summed E-state index contributed by atoms with van der Waals surface area (Å²) in [4.78, 5) is 4.28. The van der Waals surface area contributed by atoms with Gasteiger partial charge in [-0.15, -0.1) is 0 Å². The van der Waals surface area contributed by atoms with Crippen LogP contribution in [-0.2, 0) is 13.1 Å². The van der Waals surface area contributed by atoms with Crippen LogP contribution in [0.25, 0.3) is 0 Å². The average molecular weight is 229 g/mol. The summed E-state index contributed by atoms with van der Waals surface area (Å²) in [6.45, 7) is 1.07. The highest BCUT2D eigenvalue weighted by atomic mass is 16.3. The maximum absolute atomic E-state index is 9.34. The number of benzene rings is 1. The van der Waals surface area contributed by atoms with E-state index < -0.39 is 0 Å². The van der Waals surface area contributed by atoms with Crippen molar-refractivity contribution in [2.24, 2.45) is 5.73 Å². The monoisotopic (exact) mass is 229 g/mol. The summed E-state index contributed by atoms with van der Waals surface area (Å²) >= 11 is 0. The molecule has 0 saturated heterocycles. The maximum atomic E-state index is 9.34. The summed E-state index contributed by atoms with van der Waals surface area (Å²) in [5.74, 6) is 0.245. The molecule has 0 bridgehead atoms. The minimum Gasteiger partial charge on any atom is -0.508 e. The first kappa shape index (κ1) is 11.4. The van der Waals surface area contributed by atoms with Crippen LogP contribution in [0.3, 0.4) is 0 Å². The standard InChI is InChI=1S/C13H15N3O/c14-8-10-3-2-6-15-13(10)9-16-11-4-1-5-12(17)7-11/h1-7,16-17H,8-9,14H2. The summed E-state index contributed by atoms with van der Waals surface area (Å²) in [6.07, 6.45) is 1.75. The number of hydrogen-bond acceptors (Lipinski definition) is 4. The van der Waals surface area contributed by atoms with Crippen LogP contribution in [0.5, 0.6) is 5.75 Å². The number of nitrogens with two attached hydrogens (primary N) is 1. The molecule has 0 atom stereocenters. The smallest absolute Gasteiger partial charge is 0.117 e. The number of nitrogens with zero attached hydrogens (tertiary/aromatic N) is 1. The Labute approximate surface area is 100 Å². The Balaban J connectivity index is 2.07. The largest absolute Gasteiger partial charge is 0.508 e. The van der Waals surface area contributed by atoms with Crippen LogP contribution < -0.4 is 11.1 Å². The number of aromatic nitrogens is 1. The molecule has 88 valence electrons. The normalized spacial score (nSPS) is 10.2. The summed E-state index contributed by atoms with van der Waals surface area (Å²) in [6, 6.07) is 10.8. The second kappa shape index (κ2) is 5.32. The summed E-state index contributed by atoms with van der Waals surface area (Å²) in [7, 11) is 0. The predicted molar refractivity (Wildman–Crippen MR) is 67.6 cm³/mol. The molecule has 1 heterocycles. The molecule has 0 saturated carbocycles. The molecule has 1 aromatic carbocycles. The third-order valence-corrected chi connectivity index (χ3v) is 2.51. The van der Waals surface area contributed by atoms with E-state index in [1.165, 1.54) is 0 Å². The highest BCUT2D eigenvalue weighted by Crippen LogP contribution is 2.16. The van der Waals surface area contributed by atoms with Crippen molar-refractivity contribution in [3.8, 4) is 5.75 Å². The van der Waals surface area contributed by atoms with Gasteiger partial charge in [0.1, 0.15) is 5.75 Å². The van der Waals surface area contributed by atoms with Gasteiger partial charge in [-0.3, -0.25) is 4.98 Å². The van der Waals surface area contributed by atoms with E-state index in [0.717, 1.165) is 16.9 Å². The molecule has 0 aliphatic heterocycles. The van der Waals surface area contributed by atoms with Crippen LogP contribution in [0, 0.1) is 0 Å². The Morgan fingerprint density at radius 1 is 1.24 bits per heavy atom. The van der Waals surface area contributed by atoms with E-state index in [4.69, 9.17) is 5.73 Å². The summed E-state index contributed by atoms with van der Waals surface area (Å²) in [5.41, 5.74) is 8.45. The zero-order valence-electron chi connectivity index (χ0n) is 9.43. The Morgan fingerprint density at radius 2 is 2.12 bits per heavy atom. The zero-order valence-corrected chi connectivity index (χ0v) is 9.43. The van der Waals surface area contributed by atoms with Crippen LogP contribution >= 0.6 is 0 Å². The molecule has 0 unspecified atom stereocenters. The van der Waals surface area contributed by atoms with Crippen LogP contribution in [0.2, 0.25) is 0 Å². The van der Waals surface area contributed by atoms with Crippen molar-refractivity contribution in [3.05, 3.63) is 53.9 Å². The minimum absolute atomic E-state index is 0.245.